The molecule has 13 heavy (non-hydrogen) atoms. The summed E-state index contributed by atoms with van der Waals surface area (Å²) in [5, 5.41) is 0. The molecule has 0 unspecified atom stereocenters. The molecule has 1 aliphatic rings. The van der Waals surface area contributed by atoms with E-state index in [1.54, 1.807) is 6.08 Å². The van der Waals surface area contributed by atoms with Crippen molar-refractivity contribution < 1.29 is 4.79 Å². The van der Waals surface area contributed by atoms with E-state index in [4.69, 9.17) is 5.73 Å². The minimum atomic E-state index is -0.400. The van der Waals surface area contributed by atoms with E-state index < -0.39 is 5.91 Å². The quantitative estimate of drug-likeness (QED) is 0.673. The molecule has 1 amide bonds. The molecule has 2 heteroatoms. The monoisotopic (exact) mass is 173 g/mol. The van der Waals surface area contributed by atoms with Gasteiger partial charge in [-0.2, -0.15) is 0 Å². The molecule has 0 radical (unpaired) electrons. The van der Waals surface area contributed by atoms with Gasteiger partial charge in [0.15, 0.2) is 0 Å². The first-order valence-electron chi connectivity index (χ1n) is 4.35. The van der Waals surface area contributed by atoms with Crippen LogP contribution in [0.1, 0.15) is 16.7 Å². The van der Waals surface area contributed by atoms with Gasteiger partial charge in [-0.15, -0.1) is 0 Å². The molecule has 0 saturated carbocycles. The normalized spacial score (nSPS) is 13.8. The first-order chi connectivity index (χ1) is 6.25. The highest BCUT2D eigenvalue weighted by molar-refractivity contribution is 5.90. The highest BCUT2D eigenvalue weighted by atomic mass is 16.1. The molecule has 0 spiro atoms. The molecule has 1 aromatic rings. The zero-order chi connectivity index (χ0) is 9.26. The van der Waals surface area contributed by atoms with E-state index in [9.17, 15) is 4.79 Å². The molecule has 66 valence electrons. The number of primary amides is 1. The number of fused-ring (bicyclic) bond motifs is 1. The average molecular weight is 173 g/mol. The van der Waals surface area contributed by atoms with Crippen LogP contribution < -0.4 is 5.73 Å². The van der Waals surface area contributed by atoms with Crippen LogP contribution in [0.4, 0.5) is 0 Å². The highest BCUT2D eigenvalue weighted by Gasteiger charge is 2.11. The Balaban J connectivity index is 2.22. The van der Waals surface area contributed by atoms with Gasteiger partial charge in [-0.3, -0.25) is 4.79 Å². The summed E-state index contributed by atoms with van der Waals surface area (Å²) in [6.07, 6.45) is 5.49. The molecule has 0 atom stereocenters. The first-order valence-corrected chi connectivity index (χ1v) is 4.35. The van der Waals surface area contributed by atoms with Gasteiger partial charge in [-0.1, -0.05) is 18.2 Å². The lowest BCUT2D eigenvalue weighted by molar-refractivity contribution is -0.113. The summed E-state index contributed by atoms with van der Waals surface area (Å²) in [6.45, 7) is 0. The van der Waals surface area contributed by atoms with Crippen molar-refractivity contribution in [3.05, 3.63) is 41.0 Å². The highest BCUT2D eigenvalue weighted by Crippen LogP contribution is 2.23. The second kappa shape index (κ2) is 3.05. The Kier molecular flexibility index (Phi) is 1.89. The Morgan fingerprint density at radius 1 is 1.31 bits per heavy atom. The van der Waals surface area contributed by atoms with Gasteiger partial charge >= 0.3 is 0 Å². The van der Waals surface area contributed by atoms with Gasteiger partial charge in [-0.05, 0) is 35.6 Å². The predicted molar refractivity (Wildman–Crippen MR) is 52.1 cm³/mol. The zero-order valence-electron chi connectivity index (χ0n) is 7.29. The molecular formula is C11H11NO. The van der Waals surface area contributed by atoms with Crippen LogP contribution in [0, 0.1) is 0 Å². The SMILES string of the molecule is NC(=O)C=Cc1ccc2c(c1)CC2. The van der Waals surface area contributed by atoms with Crippen LogP contribution in [0.5, 0.6) is 0 Å². The van der Waals surface area contributed by atoms with Crippen LogP contribution in [-0.2, 0) is 17.6 Å². The van der Waals surface area contributed by atoms with E-state index in [0.717, 1.165) is 12.0 Å². The maximum absolute atomic E-state index is 10.5. The molecule has 1 aromatic carbocycles. The van der Waals surface area contributed by atoms with E-state index in [2.05, 4.69) is 12.1 Å². The van der Waals surface area contributed by atoms with E-state index >= 15 is 0 Å². The lowest BCUT2D eigenvalue weighted by atomic mass is 9.87. The molecule has 1 aliphatic carbocycles. The molecule has 0 aromatic heterocycles. The van der Waals surface area contributed by atoms with E-state index in [1.807, 2.05) is 6.07 Å². The molecule has 0 heterocycles. The van der Waals surface area contributed by atoms with Crippen LogP contribution in [0.3, 0.4) is 0 Å². The van der Waals surface area contributed by atoms with Crippen molar-refractivity contribution in [2.45, 2.75) is 12.8 Å². The summed E-state index contributed by atoms with van der Waals surface area (Å²) < 4.78 is 0. The van der Waals surface area contributed by atoms with Gasteiger partial charge in [0, 0.05) is 6.08 Å². The Bertz CT molecular complexity index is 380. The van der Waals surface area contributed by atoms with Gasteiger partial charge in [0.1, 0.15) is 0 Å². The maximum atomic E-state index is 10.5. The van der Waals surface area contributed by atoms with Crippen LogP contribution in [0.25, 0.3) is 6.08 Å². The second-order valence-electron chi connectivity index (χ2n) is 3.26. The Morgan fingerprint density at radius 2 is 2.08 bits per heavy atom. The third kappa shape index (κ3) is 1.61. The Morgan fingerprint density at radius 3 is 2.62 bits per heavy atom. The topological polar surface area (TPSA) is 43.1 Å². The minimum absolute atomic E-state index is 0.400. The van der Waals surface area contributed by atoms with Crippen molar-refractivity contribution in [1.82, 2.24) is 0 Å². The number of hydrogen-bond acceptors (Lipinski definition) is 1. The summed E-state index contributed by atoms with van der Waals surface area (Å²) in [6, 6.07) is 6.23. The van der Waals surface area contributed by atoms with Crippen LogP contribution in [-0.4, -0.2) is 5.91 Å². The lowest BCUT2D eigenvalue weighted by Gasteiger charge is -2.18. The summed E-state index contributed by atoms with van der Waals surface area (Å²) in [7, 11) is 0. The van der Waals surface area contributed by atoms with Crippen molar-refractivity contribution in [2.75, 3.05) is 0 Å². The van der Waals surface area contributed by atoms with Crippen molar-refractivity contribution in [1.29, 1.82) is 0 Å². The Hall–Kier alpha value is -1.57. The molecular weight excluding hydrogens is 162 g/mol. The smallest absolute Gasteiger partial charge is 0.241 e. The third-order valence-corrected chi connectivity index (χ3v) is 2.33. The fourth-order valence-electron chi connectivity index (χ4n) is 1.50. The third-order valence-electron chi connectivity index (χ3n) is 2.33. The second-order valence-corrected chi connectivity index (χ2v) is 3.26. The predicted octanol–water partition coefficient (Wildman–Crippen LogP) is 1.28. The molecule has 2 rings (SSSR count). The number of benzene rings is 1. The van der Waals surface area contributed by atoms with Gasteiger partial charge in [0.25, 0.3) is 0 Å². The largest absolute Gasteiger partial charge is 0.366 e. The number of amides is 1. The standard InChI is InChI=1S/C11H11NO/c12-11(13)6-2-8-1-3-9-4-5-10(9)7-8/h1-3,6-7H,4-5H2,(H2,12,13). The average Bonchev–Trinajstić information content (AvgIpc) is 2.05. The molecule has 0 saturated heterocycles. The van der Waals surface area contributed by atoms with Crippen molar-refractivity contribution >= 4 is 12.0 Å². The van der Waals surface area contributed by atoms with E-state index in [1.165, 1.54) is 23.6 Å². The minimum Gasteiger partial charge on any atom is -0.366 e. The van der Waals surface area contributed by atoms with Gasteiger partial charge in [0.2, 0.25) is 5.91 Å². The van der Waals surface area contributed by atoms with Crippen LogP contribution >= 0.6 is 0 Å². The molecule has 0 aliphatic heterocycles. The van der Waals surface area contributed by atoms with Crippen LogP contribution in [0.2, 0.25) is 0 Å². The van der Waals surface area contributed by atoms with Crippen molar-refractivity contribution in [2.24, 2.45) is 5.73 Å². The number of nitrogens with two attached hydrogens (primary N) is 1. The van der Waals surface area contributed by atoms with Crippen molar-refractivity contribution in [3.8, 4) is 0 Å². The number of carbonyl (C=O) groups excluding carboxylic acids is 1. The number of aryl methyl sites for hydroxylation is 2. The van der Waals surface area contributed by atoms with E-state index in [-0.39, 0.29) is 0 Å². The fraction of sp³-hybridized carbons (Fsp3) is 0.182. The summed E-state index contributed by atoms with van der Waals surface area (Å²) in [4.78, 5) is 10.5. The molecule has 0 fully saturated rings. The first kappa shape index (κ1) is 8.05. The number of rotatable bonds is 2. The van der Waals surface area contributed by atoms with Crippen LogP contribution in [0.15, 0.2) is 24.3 Å². The van der Waals surface area contributed by atoms with Crippen molar-refractivity contribution in [3.63, 3.8) is 0 Å². The molecule has 2 N–H and O–H groups in total. The summed E-state index contributed by atoms with van der Waals surface area (Å²) >= 11 is 0. The Labute approximate surface area is 77.1 Å². The fourth-order valence-corrected chi connectivity index (χ4v) is 1.50. The van der Waals surface area contributed by atoms with Gasteiger partial charge in [-0.25, -0.2) is 0 Å². The summed E-state index contributed by atoms with van der Waals surface area (Å²) in [5.74, 6) is -0.400. The van der Waals surface area contributed by atoms with Gasteiger partial charge < -0.3 is 5.73 Å². The summed E-state index contributed by atoms with van der Waals surface area (Å²) in [5.41, 5.74) is 8.87. The molecule has 0 bridgehead atoms. The number of hydrogen-bond donors (Lipinski definition) is 1. The van der Waals surface area contributed by atoms with E-state index in [0.29, 0.717) is 0 Å². The van der Waals surface area contributed by atoms with Gasteiger partial charge in [0.05, 0.1) is 0 Å². The maximum Gasteiger partial charge on any atom is 0.241 e. The lowest BCUT2D eigenvalue weighted by Crippen LogP contribution is -2.08. The molecule has 2 nitrogen and oxygen atoms in total. The number of carbonyl (C=O) groups is 1. The zero-order valence-corrected chi connectivity index (χ0v) is 7.29.